The number of allylic oxidation sites excluding steroid dienone is 2. The molecule has 0 fully saturated rings. The van der Waals surface area contributed by atoms with E-state index >= 15 is 0 Å². The highest BCUT2D eigenvalue weighted by atomic mass is 16.5. The van der Waals surface area contributed by atoms with Crippen LogP contribution in [0.5, 0.6) is 0 Å². The van der Waals surface area contributed by atoms with E-state index in [1.807, 2.05) is 26.0 Å². The van der Waals surface area contributed by atoms with Crippen molar-refractivity contribution in [1.82, 2.24) is 5.32 Å². The van der Waals surface area contributed by atoms with Crippen molar-refractivity contribution in [2.75, 3.05) is 13.7 Å². The molecule has 0 aromatic carbocycles. The van der Waals surface area contributed by atoms with Gasteiger partial charge in [0.1, 0.15) is 6.04 Å². The van der Waals surface area contributed by atoms with Crippen molar-refractivity contribution in [2.45, 2.75) is 32.4 Å². The zero-order valence-corrected chi connectivity index (χ0v) is 10.8. The zero-order chi connectivity index (χ0) is 13.3. The molecule has 0 amide bonds. The van der Waals surface area contributed by atoms with Gasteiger partial charge < -0.3 is 15.2 Å². The second-order valence-electron chi connectivity index (χ2n) is 3.97. The number of hydrogen-bond donors (Lipinski definition) is 2. The molecule has 0 heterocycles. The van der Waals surface area contributed by atoms with E-state index in [0.29, 0.717) is 6.61 Å². The molecule has 0 aliphatic carbocycles. The average molecular weight is 241 g/mol. The van der Waals surface area contributed by atoms with Crippen LogP contribution in [-0.4, -0.2) is 36.9 Å². The van der Waals surface area contributed by atoms with Crippen molar-refractivity contribution in [2.24, 2.45) is 5.92 Å². The monoisotopic (exact) mass is 241 g/mol. The molecule has 2 N–H and O–H groups in total. The molecule has 0 saturated heterocycles. The van der Waals surface area contributed by atoms with Crippen LogP contribution in [0.4, 0.5) is 0 Å². The van der Waals surface area contributed by atoms with E-state index in [1.54, 1.807) is 13.1 Å². The normalized spacial score (nSPS) is 16.6. The first-order valence-corrected chi connectivity index (χ1v) is 5.82. The lowest BCUT2D eigenvalue weighted by Gasteiger charge is -2.28. The van der Waals surface area contributed by atoms with Crippen LogP contribution in [0.3, 0.4) is 0 Å². The van der Waals surface area contributed by atoms with Gasteiger partial charge in [0.2, 0.25) is 0 Å². The summed E-state index contributed by atoms with van der Waals surface area (Å²) >= 11 is 0. The summed E-state index contributed by atoms with van der Waals surface area (Å²) in [6, 6.07) is -0.699. The number of likely N-dealkylation sites (N-methyl/N-ethyl adjacent to an activating group) is 1. The Bertz CT molecular complexity index is 263. The van der Waals surface area contributed by atoms with Crippen LogP contribution in [0.2, 0.25) is 0 Å². The lowest BCUT2D eigenvalue weighted by atomic mass is 9.94. The lowest BCUT2D eigenvalue weighted by molar-refractivity contribution is -0.144. The van der Waals surface area contributed by atoms with Gasteiger partial charge in [0.05, 0.1) is 12.7 Å². The number of rotatable bonds is 9. The fourth-order valence-electron chi connectivity index (χ4n) is 1.68. The summed E-state index contributed by atoms with van der Waals surface area (Å²) in [5, 5.41) is 11.9. The van der Waals surface area contributed by atoms with E-state index < -0.39 is 12.0 Å². The van der Waals surface area contributed by atoms with Gasteiger partial charge in [-0.15, -0.1) is 6.58 Å². The molecule has 17 heavy (non-hydrogen) atoms. The minimum Gasteiger partial charge on any atom is -0.480 e. The van der Waals surface area contributed by atoms with Gasteiger partial charge >= 0.3 is 5.97 Å². The molecule has 0 bridgehead atoms. The van der Waals surface area contributed by atoms with E-state index in [0.717, 1.165) is 6.42 Å². The summed E-state index contributed by atoms with van der Waals surface area (Å²) in [6.07, 6.45) is 6.03. The van der Waals surface area contributed by atoms with Crippen LogP contribution in [0.15, 0.2) is 24.8 Å². The highest BCUT2D eigenvalue weighted by Crippen LogP contribution is 2.17. The number of ether oxygens (including phenoxy) is 1. The maximum Gasteiger partial charge on any atom is 0.323 e. The zero-order valence-electron chi connectivity index (χ0n) is 10.8. The van der Waals surface area contributed by atoms with Gasteiger partial charge in [0.15, 0.2) is 0 Å². The first-order valence-electron chi connectivity index (χ1n) is 5.82. The Hall–Kier alpha value is -1.13. The second-order valence-corrected chi connectivity index (χ2v) is 3.97. The first-order chi connectivity index (χ1) is 8.08. The molecule has 3 atom stereocenters. The Labute approximate surface area is 103 Å². The van der Waals surface area contributed by atoms with Crippen LogP contribution < -0.4 is 5.32 Å². The Morgan fingerprint density at radius 1 is 1.59 bits per heavy atom. The largest absolute Gasteiger partial charge is 0.480 e. The topological polar surface area (TPSA) is 58.6 Å². The third-order valence-corrected chi connectivity index (χ3v) is 2.62. The predicted molar refractivity (Wildman–Crippen MR) is 69.0 cm³/mol. The van der Waals surface area contributed by atoms with Gasteiger partial charge in [-0.1, -0.05) is 25.2 Å². The molecule has 0 saturated carbocycles. The Balaban J connectivity index is 4.69. The Morgan fingerprint density at radius 2 is 2.24 bits per heavy atom. The molecular formula is C13H23NO3. The molecule has 0 aliphatic heterocycles. The molecule has 4 nitrogen and oxygen atoms in total. The van der Waals surface area contributed by atoms with Crippen molar-refractivity contribution in [3.8, 4) is 0 Å². The smallest absolute Gasteiger partial charge is 0.323 e. The van der Waals surface area contributed by atoms with Gasteiger partial charge in [-0.25, -0.2) is 0 Å². The molecule has 0 radical (unpaired) electrons. The van der Waals surface area contributed by atoms with Crippen molar-refractivity contribution < 1.29 is 14.6 Å². The summed E-state index contributed by atoms with van der Waals surface area (Å²) in [4.78, 5) is 11.1. The molecule has 0 spiro atoms. The van der Waals surface area contributed by atoms with Gasteiger partial charge in [0, 0.05) is 0 Å². The number of nitrogens with one attached hydrogen (secondary N) is 1. The molecule has 0 aromatic rings. The number of carbonyl (C=O) groups is 1. The summed E-state index contributed by atoms with van der Waals surface area (Å²) < 4.78 is 5.57. The lowest BCUT2D eigenvalue weighted by Crippen LogP contribution is -2.48. The van der Waals surface area contributed by atoms with Crippen molar-refractivity contribution in [1.29, 1.82) is 0 Å². The maximum absolute atomic E-state index is 11.1. The van der Waals surface area contributed by atoms with E-state index in [2.05, 4.69) is 11.9 Å². The van der Waals surface area contributed by atoms with Crippen LogP contribution in [0.1, 0.15) is 20.3 Å². The molecule has 4 heteroatoms. The third kappa shape index (κ3) is 5.65. The minimum absolute atomic E-state index is 0.125. The Kier molecular flexibility index (Phi) is 8.36. The SMILES string of the molecule is C=CCO[C@H]([C@H](C)CC=CC)[C@H](NC)C(=O)O. The Morgan fingerprint density at radius 3 is 2.65 bits per heavy atom. The average Bonchev–Trinajstić information content (AvgIpc) is 2.30. The summed E-state index contributed by atoms with van der Waals surface area (Å²) in [5.41, 5.74) is 0. The van der Waals surface area contributed by atoms with Crippen molar-refractivity contribution >= 4 is 5.97 Å². The third-order valence-electron chi connectivity index (χ3n) is 2.62. The van der Waals surface area contributed by atoms with Crippen LogP contribution >= 0.6 is 0 Å². The van der Waals surface area contributed by atoms with E-state index in [1.165, 1.54) is 0 Å². The number of hydrogen-bond acceptors (Lipinski definition) is 3. The molecule has 98 valence electrons. The van der Waals surface area contributed by atoms with Crippen LogP contribution in [0.25, 0.3) is 0 Å². The summed E-state index contributed by atoms with van der Waals surface area (Å²) in [5.74, 6) is -0.770. The first kappa shape index (κ1) is 15.9. The predicted octanol–water partition coefficient (Wildman–Crippen LogP) is 1.83. The standard InChI is InChI=1S/C13H23NO3/c1-5-7-8-10(3)12(17-9-6-2)11(14-4)13(15)16/h5-7,10-12,14H,2,8-9H2,1,3-4H3,(H,15,16)/t10-,11+,12-/m1/s1. The number of carboxylic acids is 1. The summed E-state index contributed by atoms with van der Waals surface area (Å²) in [6.45, 7) is 7.87. The molecule has 0 aromatic heterocycles. The quantitative estimate of drug-likeness (QED) is 0.605. The number of aliphatic carboxylic acids is 1. The highest BCUT2D eigenvalue weighted by molar-refractivity contribution is 5.74. The van der Waals surface area contributed by atoms with Gasteiger partial charge in [-0.2, -0.15) is 0 Å². The molecular weight excluding hydrogens is 218 g/mol. The van der Waals surface area contributed by atoms with Gasteiger partial charge in [-0.05, 0) is 26.3 Å². The number of carboxylic acid groups (broad SMARTS) is 1. The van der Waals surface area contributed by atoms with Gasteiger partial charge in [0.25, 0.3) is 0 Å². The van der Waals surface area contributed by atoms with Crippen LogP contribution in [-0.2, 0) is 9.53 Å². The fraction of sp³-hybridized carbons (Fsp3) is 0.615. The van der Waals surface area contributed by atoms with Crippen molar-refractivity contribution in [3.63, 3.8) is 0 Å². The molecule has 0 aliphatic rings. The minimum atomic E-state index is -0.895. The van der Waals surface area contributed by atoms with Crippen LogP contribution in [0, 0.1) is 5.92 Å². The van der Waals surface area contributed by atoms with E-state index in [-0.39, 0.29) is 12.0 Å². The highest BCUT2D eigenvalue weighted by Gasteiger charge is 2.31. The van der Waals surface area contributed by atoms with E-state index in [9.17, 15) is 4.79 Å². The maximum atomic E-state index is 11.1. The fourth-order valence-corrected chi connectivity index (χ4v) is 1.68. The molecule has 0 rings (SSSR count). The van der Waals surface area contributed by atoms with Crippen molar-refractivity contribution in [3.05, 3.63) is 24.8 Å². The van der Waals surface area contributed by atoms with E-state index in [4.69, 9.17) is 9.84 Å². The van der Waals surface area contributed by atoms with Gasteiger partial charge in [-0.3, -0.25) is 4.79 Å². The summed E-state index contributed by atoms with van der Waals surface area (Å²) in [7, 11) is 1.63. The molecule has 0 unspecified atom stereocenters. The second kappa shape index (κ2) is 8.96.